The van der Waals surface area contributed by atoms with Crippen molar-refractivity contribution in [3.8, 4) is 0 Å². The van der Waals surface area contributed by atoms with Gasteiger partial charge in [0.2, 0.25) is 0 Å². The van der Waals surface area contributed by atoms with Crippen molar-refractivity contribution in [2.45, 2.75) is 31.8 Å². The Hall–Kier alpha value is -0.830. The second kappa shape index (κ2) is 4.21. The van der Waals surface area contributed by atoms with E-state index in [0.717, 1.165) is 32.3 Å². The Bertz CT molecular complexity index is 304. The highest BCUT2D eigenvalue weighted by molar-refractivity contribution is 5.74. The largest absolute Gasteiger partial charge is 0.463 e. The number of allylic oxidation sites excluding steroid dienone is 2. The van der Waals surface area contributed by atoms with Gasteiger partial charge in [0.1, 0.15) is 6.61 Å². The van der Waals surface area contributed by atoms with Crippen LogP contribution in [0.2, 0.25) is 0 Å². The van der Waals surface area contributed by atoms with Crippen molar-refractivity contribution in [1.82, 2.24) is 0 Å². The van der Waals surface area contributed by atoms with Crippen molar-refractivity contribution in [1.29, 1.82) is 0 Å². The minimum absolute atomic E-state index is 0.00708. The van der Waals surface area contributed by atoms with Gasteiger partial charge in [-0.3, -0.25) is 4.79 Å². The lowest BCUT2D eigenvalue weighted by molar-refractivity contribution is -0.152. The van der Waals surface area contributed by atoms with Gasteiger partial charge in [0, 0.05) is 6.61 Å². The zero-order valence-corrected chi connectivity index (χ0v) is 9.43. The van der Waals surface area contributed by atoms with Crippen LogP contribution in [-0.4, -0.2) is 25.3 Å². The van der Waals surface area contributed by atoms with Crippen molar-refractivity contribution in [3.63, 3.8) is 0 Å². The minimum Gasteiger partial charge on any atom is -0.463 e. The molecule has 1 heterocycles. The standard InChI is InChI=1S/C13H18O3/c14-13(16-8-11-2-1-5-15-11)12-7-9-3-4-10(12)6-9/h3-4,9-12H,1-2,5-8H2/t9-,10-,11-,12-/m0/s1. The molecular formula is C13H18O3. The highest BCUT2D eigenvalue weighted by atomic mass is 16.6. The lowest BCUT2D eigenvalue weighted by Gasteiger charge is -2.18. The van der Waals surface area contributed by atoms with Crippen molar-refractivity contribution in [2.24, 2.45) is 17.8 Å². The maximum Gasteiger partial charge on any atom is 0.309 e. The smallest absolute Gasteiger partial charge is 0.309 e. The van der Waals surface area contributed by atoms with Crippen molar-refractivity contribution in [3.05, 3.63) is 12.2 Å². The van der Waals surface area contributed by atoms with Crippen LogP contribution < -0.4 is 0 Å². The molecule has 1 saturated heterocycles. The van der Waals surface area contributed by atoms with Crippen molar-refractivity contribution >= 4 is 5.97 Å². The topological polar surface area (TPSA) is 35.5 Å². The van der Waals surface area contributed by atoms with Gasteiger partial charge in [0.15, 0.2) is 0 Å². The lowest BCUT2D eigenvalue weighted by atomic mass is 9.94. The first-order valence-corrected chi connectivity index (χ1v) is 6.29. The zero-order valence-electron chi connectivity index (χ0n) is 9.43. The van der Waals surface area contributed by atoms with E-state index in [9.17, 15) is 4.79 Å². The summed E-state index contributed by atoms with van der Waals surface area (Å²) in [6.45, 7) is 1.27. The number of hydrogen-bond acceptors (Lipinski definition) is 3. The molecule has 2 bridgehead atoms. The fourth-order valence-corrected chi connectivity index (χ4v) is 3.11. The Kier molecular flexibility index (Phi) is 2.72. The quantitative estimate of drug-likeness (QED) is 0.540. The Morgan fingerprint density at radius 2 is 2.31 bits per heavy atom. The molecule has 0 aromatic carbocycles. The number of carbonyl (C=O) groups excluding carboxylic acids is 1. The van der Waals surface area contributed by atoms with E-state index in [2.05, 4.69) is 12.2 Å². The van der Waals surface area contributed by atoms with Crippen LogP contribution in [0.4, 0.5) is 0 Å². The number of carbonyl (C=O) groups is 1. The van der Waals surface area contributed by atoms with Crippen LogP contribution in [0.25, 0.3) is 0 Å². The van der Waals surface area contributed by atoms with Gasteiger partial charge in [0.05, 0.1) is 12.0 Å². The van der Waals surface area contributed by atoms with Crippen LogP contribution in [0.1, 0.15) is 25.7 Å². The van der Waals surface area contributed by atoms with Crippen molar-refractivity contribution < 1.29 is 14.3 Å². The van der Waals surface area contributed by atoms with Crippen LogP contribution >= 0.6 is 0 Å². The van der Waals surface area contributed by atoms with Crippen LogP contribution in [0.3, 0.4) is 0 Å². The van der Waals surface area contributed by atoms with Gasteiger partial charge in [-0.05, 0) is 37.5 Å². The molecule has 2 fully saturated rings. The zero-order chi connectivity index (χ0) is 11.0. The molecule has 4 atom stereocenters. The molecule has 3 aliphatic rings. The van der Waals surface area contributed by atoms with E-state index in [1.165, 1.54) is 0 Å². The Labute approximate surface area is 95.8 Å². The maximum absolute atomic E-state index is 11.9. The molecule has 0 amide bonds. The van der Waals surface area contributed by atoms with Gasteiger partial charge in [-0.15, -0.1) is 0 Å². The van der Waals surface area contributed by atoms with Crippen molar-refractivity contribution in [2.75, 3.05) is 13.2 Å². The molecule has 0 unspecified atom stereocenters. The molecule has 2 aliphatic carbocycles. The summed E-state index contributed by atoms with van der Waals surface area (Å²) in [6.07, 6.45) is 8.85. The summed E-state index contributed by atoms with van der Waals surface area (Å²) in [6, 6.07) is 0. The molecule has 0 aromatic heterocycles. The molecule has 3 heteroatoms. The van der Waals surface area contributed by atoms with E-state index in [0.29, 0.717) is 18.4 Å². The summed E-state index contributed by atoms with van der Waals surface area (Å²) in [5.41, 5.74) is 0. The average Bonchev–Trinajstić information content (AvgIpc) is 3.01. The highest BCUT2D eigenvalue weighted by Crippen LogP contribution is 2.43. The van der Waals surface area contributed by atoms with E-state index in [1.807, 2.05) is 0 Å². The van der Waals surface area contributed by atoms with E-state index < -0.39 is 0 Å². The number of ether oxygens (including phenoxy) is 2. The molecular weight excluding hydrogens is 204 g/mol. The number of fused-ring (bicyclic) bond motifs is 2. The summed E-state index contributed by atoms with van der Waals surface area (Å²) in [7, 11) is 0. The second-order valence-corrected chi connectivity index (χ2v) is 5.15. The number of esters is 1. The number of hydrogen-bond donors (Lipinski definition) is 0. The Balaban J connectivity index is 1.48. The van der Waals surface area contributed by atoms with Crippen LogP contribution in [0.5, 0.6) is 0 Å². The van der Waals surface area contributed by atoms with Gasteiger partial charge in [-0.2, -0.15) is 0 Å². The summed E-state index contributed by atoms with van der Waals surface area (Å²) in [5.74, 6) is 1.19. The average molecular weight is 222 g/mol. The molecule has 16 heavy (non-hydrogen) atoms. The summed E-state index contributed by atoms with van der Waals surface area (Å²) in [5, 5.41) is 0. The third-order valence-electron chi connectivity index (χ3n) is 4.02. The fraction of sp³-hybridized carbons (Fsp3) is 0.769. The van der Waals surface area contributed by atoms with Crippen LogP contribution in [-0.2, 0) is 14.3 Å². The lowest BCUT2D eigenvalue weighted by Crippen LogP contribution is -2.25. The normalized spacial score (nSPS) is 40.5. The SMILES string of the molecule is O=C(OC[C@@H]1CCCO1)[C@H]1C[C@H]2C=C[C@H]1C2. The Morgan fingerprint density at radius 1 is 1.38 bits per heavy atom. The first-order chi connectivity index (χ1) is 7.83. The van der Waals surface area contributed by atoms with Gasteiger partial charge < -0.3 is 9.47 Å². The predicted octanol–water partition coefficient (Wildman–Crippen LogP) is 1.92. The molecule has 3 rings (SSSR count). The van der Waals surface area contributed by atoms with Crippen LogP contribution in [0, 0.1) is 17.8 Å². The third kappa shape index (κ3) is 1.88. The summed E-state index contributed by atoms with van der Waals surface area (Å²) >= 11 is 0. The number of rotatable bonds is 3. The van der Waals surface area contributed by atoms with Gasteiger partial charge >= 0.3 is 5.97 Å². The molecule has 1 aliphatic heterocycles. The van der Waals surface area contributed by atoms with E-state index in [-0.39, 0.29) is 18.0 Å². The minimum atomic E-state index is -0.00708. The molecule has 0 aromatic rings. The van der Waals surface area contributed by atoms with Gasteiger partial charge in [0.25, 0.3) is 0 Å². The predicted molar refractivity (Wildman–Crippen MR) is 58.8 cm³/mol. The molecule has 0 N–H and O–H groups in total. The van der Waals surface area contributed by atoms with Gasteiger partial charge in [-0.25, -0.2) is 0 Å². The fourth-order valence-electron chi connectivity index (χ4n) is 3.11. The summed E-state index contributed by atoms with van der Waals surface area (Å²) in [4.78, 5) is 11.9. The molecule has 88 valence electrons. The first-order valence-electron chi connectivity index (χ1n) is 6.29. The maximum atomic E-state index is 11.9. The van der Waals surface area contributed by atoms with Crippen LogP contribution in [0.15, 0.2) is 12.2 Å². The molecule has 0 radical (unpaired) electrons. The molecule has 1 saturated carbocycles. The van der Waals surface area contributed by atoms with E-state index in [4.69, 9.17) is 9.47 Å². The second-order valence-electron chi connectivity index (χ2n) is 5.15. The van der Waals surface area contributed by atoms with E-state index >= 15 is 0 Å². The first kappa shape index (κ1) is 10.3. The monoisotopic (exact) mass is 222 g/mol. The third-order valence-corrected chi connectivity index (χ3v) is 4.02. The molecule has 3 nitrogen and oxygen atoms in total. The van der Waals surface area contributed by atoms with E-state index in [1.54, 1.807) is 0 Å². The highest BCUT2D eigenvalue weighted by Gasteiger charge is 2.40. The Morgan fingerprint density at radius 3 is 2.94 bits per heavy atom. The van der Waals surface area contributed by atoms with Gasteiger partial charge in [-0.1, -0.05) is 12.2 Å². The summed E-state index contributed by atoms with van der Waals surface area (Å²) < 4.78 is 10.8. The molecule has 0 spiro atoms.